The van der Waals surface area contributed by atoms with Crippen molar-refractivity contribution < 1.29 is 9.59 Å². The second kappa shape index (κ2) is 8.69. The van der Waals surface area contributed by atoms with E-state index in [0.29, 0.717) is 12.2 Å². The van der Waals surface area contributed by atoms with Gasteiger partial charge in [0.05, 0.1) is 12.0 Å². The summed E-state index contributed by atoms with van der Waals surface area (Å²) in [5.74, 6) is -0.249. The first kappa shape index (κ1) is 21.6. The maximum atomic E-state index is 13.9. The lowest BCUT2D eigenvalue weighted by Gasteiger charge is -2.43. The normalized spacial score (nSPS) is 21.2. The van der Waals surface area contributed by atoms with E-state index in [1.807, 2.05) is 25.7 Å². The van der Waals surface area contributed by atoms with Gasteiger partial charge in [-0.05, 0) is 44.7 Å². The molecular formula is C22H35N5O2. The Morgan fingerprint density at radius 3 is 2.66 bits per heavy atom. The van der Waals surface area contributed by atoms with Gasteiger partial charge in [-0.25, -0.2) is 4.98 Å². The van der Waals surface area contributed by atoms with E-state index in [0.717, 1.165) is 44.5 Å². The van der Waals surface area contributed by atoms with Gasteiger partial charge in [0.25, 0.3) is 5.91 Å². The average Bonchev–Trinajstić information content (AvgIpc) is 2.97. The molecule has 0 aromatic carbocycles. The van der Waals surface area contributed by atoms with Crippen LogP contribution in [0.25, 0.3) is 0 Å². The predicted octanol–water partition coefficient (Wildman–Crippen LogP) is 2.43. The van der Waals surface area contributed by atoms with Crippen molar-refractivity contribution in [3.63, 3.8) is 0 Å². The van der Waals surface area contributed by atoms with Crippen LogP contribution in [-0.2, 0) is 17.9 Å². The van der Waals surface area contributed by atoms with Gasteiger partial charge in [0, 0.05) is 26.2 Å². The fraction of sp³-hybridized carbons (Fsp3) is 0.682. The number of rotatable bonds is 4. The molecule has 0 bridgehead atoms. The molecule has 1 unspecified atom stereocenters. The highest BCUT2D eigenvalue weighted by Gasteiger charge is 2.43. The molecular weight excluding hydrogens is 366 g/mol. The van der Waals surface area contributed by atoms with Gasteiger partial charge in [-0.2, -0.15) is 0 Å². The molecule has 0 spiro atoms. The van der Waals surface area contributed by atoms with Crippen LogP contribution >= 0.6 is 0 Å². The molecule has 1 N–H and O–H groups in total. The van der Waals surface area contributed by atoms with Crippen LogP contribution in [0.3, 0.4) is 0 Å². The van der Waals surface area contributed by atoms with E-state index in [-0.39, 0.29) is 17.9 Å². The minimum Gasteiger partial charge on any atom is -0.357 e. The van der Waals surface area contributed by atoms with E-state index in [1.165, 1.54) is 0 Å². The molecule has 160 valence electrons. The number of hydrogen-bond acceptors (Lipinski definition) is 4. The quantitative estimate of drug-likeness (QED) is 0.787. The molecule has 0 radical (unpaired) electrons. The number of carbonyl (C=O) groups is 2. The third kappa shape index (κ3) is 4.55. The first-order valence-electron chi connectivity index (χ1n) is 10.7. The molecule has 0 saturated carbocycles. The minimum atomic E-state index is -0.558. The lowest BCUT2D eigenvalue weighted by atomic mass is 9.82. The monoisotopic (exact) mass is 401 g/mol. The molecule has 1 aromatic heterocycles. The number of likely N-dealkylation sites (N-methyl/N-ethyl adjacent to an activating group) is 1. The first-order valence-corrected chi connectivity index (χ1v) is 10.7. The summed E-state index contributed by atoms with van der Waals surface area (Å²) >= 11 is 0. The van der Waals surface area contributed by atoms with Crippen molar-refractivity contribution in [3.8, 4) is 0 Å². The molecule has 2 atom stereocenters. The highest BCUT2D eigenvalue weighted by Crippen LogP contribution is 2.32. The Hall–Kier alpha value is -2.15. The number of fused-ring (bicyclic) bond motifs is 1. The van der Waals surface area contributed by atoms with Crippen molar-refractivity contribution >= 4 is 11.8 Å². The SMILES string of the molecule is CNC(=O)C(N(C(=O)c1ncn2c1CN(C)CCC2)[C@@H]1CC=CCC1)C(C)(C)C. The van der Waals surface area contributed by atoms with Crippen molar-refractivity contribution in [3.05, 3.63) is 29.9 Å². The zero-order valence-electron chi connectivity index (χ0n) is 18.4. The fourth-order valence-electron chi connectivity index (χ4n) is 4.51. The van der Waals surface area contributed by atoms with Crippen LogP contribution < -0.4 is 5.32 Å². The molecule has 2 amide bonds. The smallest absolute Gasteiger partial charge is 0.275 e. The zero-order valence-corrected chi connectivity index (χ0v) is 18.4. The van der Waals surface area contributed by atoms with E-state index in [9.17, 15) is 9.59 Å². The number of carbonyl (C=O) groups excluding carboxylic acids is 2. The highest BCUT2D eigenvalue weighted by atomic mass is 16.2. The second-order valence-corrected chi connectivity index (χ2v) is 9.36. The van der Waals surface area contributed by atoms with Crippen LogP contribution in [0.15, 0.2) is 18.5 Å². The third-order valence-electron chi connectivity index (χ3n) is 5.97. The number of aryl methyl sites for hydroxylation is 1. The van der Waals surface area contributed by atoms with Gasteiger partial charge in [0.1, 0.15) is 6.04 Å². The summed E-state index contributed by atoms with van der Waals surface area (Å²) < 4.78 is 2.10. The molecule has 2 heterocycles. The van der Waals surface area contributed by atoms with E-state index in [4.69, 9.17) is 0 Å². The van der Waals surface area contributed by atoms with Crippen LogP contribution in [0.5, 0.6) is 0 Å². The molecule has 7 heteroatoms. The summed E-state index contributed by atoms with van der Waals surface area (Å²) in [4.78, 5) is 35.5. The van der Waals surface area contributed by atoms with Crippen LogP contribution in [0.4, 0.5) is 0 Å². The summed E-state index contributed by atoms with van der Waals surface area (Å²) in [5, 5.41) is 2.79. The van der Waals surface area contributed by atoms with Crippen molar-refractivity contribution in [1.29, 1.82) is 0 Å². The van der Waals surface area contributed by atoms with Gasteiger partial charge in [-0.15, -0.1) is 0 Å². The lowest BCUT2D eigenvalue weighted by Crippen LogP contribution is -2.59. The number of amides is 2. The summed E-state index contributed by atoms with van der Waals surface area (Å²) in [7, 11) is 3.71. The molecule has 1 aliphatic carbocycles. The van der Waals surface area contributed by atoms with Gasteiger partial charge >= 0.3 is 0 Å². The van der Waals surface area contributed by atoms with Crippen molar-refractivity contribution in [2.24, 2.45) is 5.41 Å². The zero-order chi connectivity index (χ0) is 21.2. The Labute approximate surface area is 174 Å². The van der Waals surface area contributed by atoms with E-state index in [1.54, 1.807) is 13.4 Å². The largest absolute Gasteiger partial charge is 0.357 e. The molecule has 1 aliphatic heterocycles. The van der Waals surface area contributed by atoms with Crippen molar-refractivity contribution in [2.75, 3.05) is 20.6 Å². The number of nitrogens with zero attached hydrogens (tertiary/aromatic N) is 4. The van der Waals surface area contributed by atoms with Crippen LogP contribution in [0.2, 0.25) is 0 Å². The highest BCUT2D eigenvalue weighted by molar-refractivity contribution is 5.97. The van der Waals surface area contributed by atoms with Crippen LogP contribution in [0, 0.1) is 5.41 Å². The Bertz CT molecular complexity index is 777. The van der Waals surface area contributed by atoms with Crippen LogP contribution in [0.1, 0.15) is 62.6 Å². The Kier molecular flexibility index (Phi) is 6.46. The number of hydrogen-bond donors (Lipinski definition) is 1. The van der Waals surface area contributed by atoms with Gasteiger partial charge in [0.2, 0.25) is 5.91 Å². The number of aromatic nitrogens is 2. The average molecular weight is 402 g/mol. The molecule has 2 aliphatic rings. The van der Waals surface area contributed by atoms with E-state index >= 15 is 0 Å². The summed E-state index contributed by atoms with van der Waals surface area (Å²) in [6.07, 6.45) is 9.65. The van der Waals surface area contributed by atoms with Gasteiger partial charge in [-0.1, -0.05) is 32.9 Å². The van der Waals surface area contributed by atoms with Crippen LogP contribution in [-0.4, -0.2) is 63.9 Å². The van der Waals surface area contributed by atoms with Crippen molar-refractivity contribution in [1.82, 2.24) is 24.7 Å². The Balaban J connectivity index is 2.05. The summed E-state index contributed by atoms with van der Waals surface area (Å²) in [6, 6.07) is -0.563. The molecule has 0 saturated heterocycles. The Morgan fingerprint density at radius 1 is 1.28 bits per heavy atom. The molecule has 1 aromatic rings. The molecule has 0 fully saturated rings. The first-order chi connectivity index (χ1) is 13.7. The van der Waals surface area contributed by atoms with E-state index < -0.39 is 11.5 Å². The predicted molar refractivity (Wildman–Crippen MR) is 113 cm³/mol. The van der Waals surface area contributed by atoms with Gasteiger partial charge in [-0.3, -0.25) is 9.59 Å². The number of imidazole rings is 1. The number of allylic oxidation sites excluding steroid dienone is 1. The maximum absolute atomic E-state index is 13.9. The van der Waals surface area contributed by atoms with Gasteiger partial charge < -0.3 is 19.7 Å². The van der Waals surface area contributed by atoms with Crippen molar-refractivity contribution in [2.45, 2.75) is 71.6 Å². The summed E-state index contributed by atoms with van der Waals surface area (Å²) in [6.45, 7) is 8.62. The summed E-state index contributed by atoms with van der Waals surface area (Å²) in [5.41, 5.74) is 1.05. The fourth-order valence-corrected chi connectivity index (χ4v) is 4.51. The van der Waals surface area contributed by atoms with Gasteiger partial charge in [0.15, 0.2) is 5.69 Å². The van der Waals surface area contributed by atoms with E-state index in [2.05, 4.69) is 39.0 Å². The third-order valence-corrected chi connectivity index (χ3v) is 5.97. The standard InChI is InChI=1S/C22H35N5O2/c1-22(2,3)19(20(28)23-4)27(16-10-7-6-8-11-16)21(29)18-17-14-25(5)12-9-13-26(17)15-24-18/h6-7,15-16,19H,8-14H2,1-5H3,(H,23,28)/t16-,19?/m1/s1. The lowest BCUT2D eigenvalue weighted by molar-refractivity contribution is -0.129. The topological polar surface area (TPSA) is 70.5 Å². The maximum Gasteiger partial charge on any atom is 0.275 e. The molecule has 3 rings (SSSR count). The Morgan fingerprint density at radius 2 is 2.03 bits per heavy atom. The molecule has 7 nitrogen and oxygen atoms in total. The molecule has 29 heavy (non-hydrogen) atoms. The number of nitrogens with one attached hydrogen (secondary N) is 1. The minimum absolute atomic E-state index is 0.00474. The second-order valence-electron chi connectivity index (χ2n) is 9.36.